The molecule has 6 nitrogen and oxygen atoms in total. The van der Waals surface area contributed by atoms with Gasteiger partial charge in [0.2, 0.25) is 11.6 Å². The average Bonchev–Trinajstić information content (AvgIpc) is 3.16. The Bertz CT molecular complexity index is 1120. The second-order valence-corrected chi connectivity index (χ2v) is 6.80. The summed E-state index contributed by atoms with van der Waals surface area (Å²) in [7, 11) is 0. The minimum Gasteiger partial charge on any atom is -0.493 e. The van der Waals surface area contributed by atoms with Crippen molar-refractivity contribution in [1.29, 1.82) is 0 Å². The molecule has 1 N–H and O–H groups in total. The van der Waals surface area contributed by atoms with Gasteiger partial charge in [0.05, 0.1) is 10.3 Å². The van der Waals surface area contributed by atoms with Gasteiger partial charge in [0.25, 0.3) is 0 Å². The van der Waals surface area contributed by atoms with E-state index in [4.69, 9.17) is 4.74 Å². The van der Waals surface area contributed by atoms with E-state index in [2.05, 4.69) is 4.98 Å². The smallest absolute Gasteiger partial charge is 0.312 e. The molecule has 0 atom stereocenters. The Morgan fingerprint density at radius 2 is 1.61 bits per heavy atom. The highest BCUT2D eigenvalue weighted by atomic mass is 32.1. The summed E-state index contributed by atoms with van der Waals surface area (Å²) in [5.74, 6) is 0.533. The van der Waals surface area contributed by atoms with E-state index in [1.807, 2.05) is 42.5 Å². The molecule has 0 amide bonds. The van der Waals surface area contributed by atoms with Crippen molar-refractivity contribution in [1.82, 2.24) is 4.98 Å². The summed E-state index contributed by atoms with van der Waals surface area (Å²) < 4.78 is 5.75. The van der Waals surface area contributed by atoms with Gasteiger partial charge in [-0.15, -0.1) is 11.3 Å². The minimum absolute atomic E-state index is 0.110. The highest BCUT2D eigenvalue weighted by molar-refractivity contribution is 7.13. The lowest BCUT2D eigenvalue weighted by Crippen LogP contribution is -1.94. The van der Waals surface area contributed by atoms with Crippen molar-refractivity contribution in [2.45, 2.75) is 0 Å². The molecular formula is C21H14N2O4S. The molecule has 0 saturated heterocycles. The Hall–Kier alpha value is -3.71. The number of aromatic nitrogens is 1. The molecule has 0 radical (unpaired) electrons. The molecule has 138 valence electrons. The monoisotopic (exact) mass is 390 g/mol. The standard InChI is InChI=1S/C21H14N2O4S/c24-20-13-28-21(22-20)16-8-11-19(18(12-16)23(25)26)27-17-9-6-15(7-10-17)14-4-2-1-3-5-14/h1-13,24H. The maximum absolute atomic E-state index is 11.5. The molecule has 28 heavy (non-hydrogen) atoms. The van der Waals surface area contributed by atoms with Crippen LogP contribution in [0.4, 0.5) is 5.69 Å². The highest BCUT2D eigenvalue weighted by Crippen LogP contribution is 2.37. The third kappa shape index (κ3) is 3.70. The van der Waals surface area contributed by atoms with Crippen molar-refractivity contribution >= 4 is 17.0 Å². The maximum atomic E-state index is 11.5. The van der Waals surface area contributed by atoms with Crippen LogP contribution in [-0.2, 0) is 0 Å². The molecule has 0 aliphatic carbocycles. The Kier molecular flexibility index (Phi) is 4.74. The van der Waals surface area contributed by atoms with E-state index < -0.39 is 4.92 Å². The van der Waals surface area contributed by atoms with E-state index in [0.717, 1.165) is 11.1 Å². The van der Waals surface area contributed by atoms with Gasteiger partial charge in [-0.1, -0.05) is 42.5 Å². The number of nitro benzene ring substituents is 1. The van der Waals surface area contributed by atoms with Crippen molar-refractivity contribution in [2.24, 2.45) is 0 Å². The second-order valence-electron chi connectivity index (χ2n) is 5.94. The number of hydrogen-bond acceptors (Lipinski definition) is 6. The molecule has 0 aliphatic rings. The van der Waals surface area contributed by atoms with Gasteiger partial charge in [0.15, 0.2) is 0 Å². The van der Waals surface area contributed by atoms with E-state index in [9.17, 15) is 15.2 Å². The van der Waals surface area contributed by atoms with Gasteiger partial charge in [-0.3, -0.25) is 10.1 Å². The zero-order valence-electron chi connectivity index (χ0n) is 14.5. The third-order valence-electron chi connectivity index (χ3n) is 4.08. The molecule has 3 aromatic carbocycles. The van der Waals surface area contributed by atoms with Gasteiger partial charge in [0, 0.05) is 11.6 Å². The van der Waals surface area contributed by atoms with Crippen LogP contribution >= 0.6 is 11.3 Å². The van der Waals surface area contributed by atoms with Gasteiger partial charge in [-0.05, 0) is 35.4 Å². The van der Waals surface area contributed by atoms with Crippen molar-refractivity contribution in [2.75, 3.05) is 0 Å². The predicted octanol–water partition coefficient (Wildman–Crippen LogP) is 5.88. The number of nitro groups is 1. The van der Waals surface area contributed by atoms with Crippen molar-refractivity contribution in [3.05, 3.63) is 88.3 Å². The molecule has 4 rings (SSSR count). The summed E-state index contributed by atoms with van der Waals surface area (Å²) in [5, 5.41) is 22.9. The molecule has 4 aromatic rings. The molecular weight excluding hydrogens is 376 g/mol. The zero-order valence-corrected chi connectivity index (χ0v) is 15.3. The molecule has 0 unspecified atom stereocenters. The molecule has 1 heterocycles. The minimum atomic E-state index is -0.495. The first-order valence-electron chi connectivity index (χ1n) is 8.37. The fourth-order valence-corrected chi connectivity index (χ4v) is 3.43. The highest BCUT2D eigenvalue weighted by Gasteiger charge is 2.18. The molecule has 0 saturated carbocycles. The summed E-state index contributed by atoms with van der Waals surface area (Å²) in [5.41, 5.74) is 2.49. The van der Waals surface area contributed by atoms with Crippen LogP contribution in [0.2, 0.25) is 0 Å². The predicted molar refractivity (Wildman–Crippen MR) is 108 cm³/mol. The van der Waals surface area contributed by atoms with E-state index in [1.54, 1.807) is 18.2 Å². The molecule has 7 heteroatoms. The van der Waals surface area contributed by atoms with Crippen LogP contribution < -0.4 is 4.74 Å². The number of rotatable bonds is 5. The number of nitrogens with zero attached hydrogens (tertiary/aromatic N) is 2. The number of aromatic hydroxyl groups is 1. The van der Waals surface area contributed by atoms with Crippen LogP contribution in [0.3, 0.4) is 0 Å². The fraction of sp³-hybridized carbons (Fsp3) is 0. The van der Waals surface area contributed by atoms with Crippen molar-refractivity contribution < 1.29 is 14.8 Å². The largest absolute Gasteiger partial charge is 0.493 e. The van der Waals surface area contributed by atoms with Gasteiger partial charge in [-0.25, -0.2) is 4.98 Å². The van der Waals surface area contributed by atoms with Crippen LogP contribution in [0.5, 0.6) is 17.4 Å². The SMILES string of the molecule is O=[N+]([O-])c1cc(-c2nc(O)cs2)ccc1Oc1ccc(-c2ccccc2)cc1. The van der Waals surface area contributed by atoms with Crippen LogP contribution in [0.1, 0.15) is 0 Å². The normalized spacial score (nSPS) is 10.6. The number of ether oxygens (including phenoxy) is 1. The average molecular weight is 390 g/mol. The summed E-state index contributed by atoms with van der Waals surface area (Å²) in [6.07, 6.45) is 0. The summed E-state index contributed by atoms with van der Waals surface area (Å²) in [6.45, 7) is 0. The van der Waals surface area contributed by atoms with Crippen molar-refractivity contribution in [3.8, 4) is 39.1 Å². The maximum Gasteiger partial charge on any atom is 0.312 e. The second kappa shape index (κ2) is 7.50. The molecule has 0 aliphatic heterocycles. The van der Waals surface area contributed by atoms with Crippen LogP contribution in [0.15, 0.2) is 78.2 Å². The zero-order chi connectivity index (χ0) is 19.5. The van der Waals surface area contributed by atoms with Crippen LogP contribution in [0, 0.1) is 10.1 Å². The van der Waals surface area contributed by atoms with E-state index in [0.29, 0.717) is 16.3 Å². The lowest BCUT2D eigenvalue weighted by atomic mass is 10.1. The number of thiazole rings is 1. The van der Waals surface area contributed by atoms with Crippen LogP contribution in [0.25, 0.3) is 21.7 Å². The fourth-order valence-electron chi connectivity index (χ4n) is 2.75. The van der Waals surface area contributed by atoms with E-state index in [1.165, 1.54) is 28.8 Å². The third-order valence-corrected chi connectivity index (χ3v) is 4.96. The Labute approximate surface area is 164 Å². The lowest BCUT2D eigenvalue weighted by molar-refractivity contribution is -0.385. The topological polar surface area (TPSA) is 85.5 Å². The summed E-state index contributed by atoms with van der Waals surface area (Å²) in [4.78, 5) is 14.9. The Balaban J connectivity index is 1.61. The Morgan fingerprint density at radius 1 is 0.929 bits per heavy atom. The summed E-state index contributed by atoms with van der Waals surface area (Å²) >= 11 is 1.21. The summed E-state index contributed by atoms with van der Waals surface area (Å²) in [6, 6.07) is 21.9. The molecule has 1 aromatic heterocycles. The molecule has 0 bridgehead atoms. The molecule has 0 fully saturated rings. The Morgan fingerprint density at radius 3 is 2.25 bits per heavy atom. The number of benzene rings is 3. The first-order valence-corrected chi connectivity index (χ1v) is 9.25. The van der Waals surface area contributed by atoms with Crippen molar-refractivity contribution in [3.63, 3.8) is 0 Å². The van der Waals surface area contributed by atoms with E-state index >= 15 is 0 Å². The molecule has 0 spiro atoms. The quantitative estimate of drug-likeness (QED) is 0.339. The van der Waals surface area contributed by atoms with E-state index in [-0.39, 0.29) is 17.3 Å². The van der Waals surface area contributed by atoms with Gasteiger partial charge < -0.3 is 9.84 Å². The van der Waals surface area contributed by atoms with Gasteiger partial charge >= 0.3 is 5.69 Å². The first-order chi connectivity index (χ1) is 13.6. The van der Waals surface area contributed by atoms with Crippen LogP contribution in [-0.4, -0.2) is 15.0 Å². The lowest BCUT2D eigenvalue weighted by Gasteiger charge is -2.08. The van der Waals surface area contributed by atoms with Gasteiger partial charge in [-0.2, -0.15) is 0 Å². The first kappa shape index (κ1) is 17.7. The number of hydrogen-bond donors (Lipinski definition) is 1. The van der Waals surface area contributed by atoms with Gasteiger partial charge in [0.1, 0.15) is 10.8 Å².